The molecule has 0 radical (unpaired) electrons. The molecule has 1 heterocycles. The first-order valence-electron chi connectivity index (χ1n) is 11.8. The van der Waals surface area contributed by atoms with Crippen LogP contribution in [0.15, 0.2) is 60.7 Å². The third-order valence-corrected chi connectivity index (χ3v) is 6.78. The molecular formula is C29H32FNO4. The highest BCUT2D eigenvalue weighted by Gasteiger charge is 2.38. The second-order valence-electron chi connectivity index (χ2n) is 9.98. The lowest BCUT2D eigenvalue weighted by Crippen LogP contribution is -2.42. The predicted octanol–water partition coefficient (Wildman–Crippen LogP) is 5.57. The molecule has 0 saturated heterocycles. The molecule has 1 aliphatic rings. The van der Waals surface area contributed by atoms with Crippen LogP contribution in [0, 0.1) is 12.7 Å². The van der Waals surface area contributed by atoms with Crippen LogP contribution < -0.4 is 10.1 Å². The molecule has 6 heteroatoms. The molecule has 3 aromatic carbocycles. The van der Waals surface area contributed by atoms with E-state index in [1.165, 1.54) is 12.1 Å². The Morgan fingerprint density at radius 2 is 1.89 bits per heavy atom. The van der Waals surface area contributed by atoms with Crippen molar-refractivity contribution in [1.82, 2.24) is 0 Å². The maximum absolute atomic E-state index is 14.4. The molecule has 2 unspecified atom stereocenters. The molecule has 1 aliphatic heterocycles. The maximum Gasteiger partial charge on any atom is 0.338 e. The third-order valence-electron chi connectivity index (χ3n) is 6.78. The van der Waals surface area contributed by atoms with Crippen molar-refractivity contribution in [2.24, 2.45) is 0 Å². The Bertz CT molecular complexity index is 1240. The number of cyclic esters (lactones) is 1. The number of halogens is 1. The van der Waals surface area contributed by atoms with Crippen LogP contribution in [0.25, 0.3) is 0 Å². The first kappa shape index (κ1) is 24.7. The fourth-order valence-corrected chi connectivity index (χ4v) is 5.07. The van der Waals surface area contributed by atoms with Crippen LogP contribution >= 0.6 is 0 Å². The average molecular weight is 478 g/mol. The van der Waals surface area contributed by atoms with E-state index in [1.54, 1.807) is 19.2 Å². The van der Waals surface area contributed by atoms with Crippen LogP contribution in [0.5, 0.6) is 5.75 Å². The van der Waals surface area contributed by atoms with Gasteiger partial charge in [-0.25, -0.2) is 9.18 Å². The van der Waals surface area contributed by atoms with Crippen molar-refractivity contribution in [3.05, 3.63) is 94.3 Å². The molecule has 35 heavy (non-hydrogen) atoms. The second kappa shape index (κ2) is 9.70. The number of rotatable bonds is 9. The number of fused-ring (bicyclic) bond motifs is 1. The van der Waals surface area contributed by atoms with Gasteiger partial charge < -0.3 is 19.9 Å². The van der Waals surface area contributed by atoms with Crippen molar-refractivity contribution >= 4 is 11.7 Å². The average Bonchev–Trinajstić information content (AvgIpc) is 3.19. The number of anilines is 1. The molecule has 3 aromatic rings. The lowest BCUT2D eigenvalue weighted by molar-refractivity contribution is 0.0300. The van der Waals surface area contributed by atoms with Crippen LogP contribution in [0.2, 0.25) is 0 Å². The lowest BCUT2D eigenvalue weighted by atomic mass is 9.72. The van der Waals surface area contributed by atoms with E-state index in [4.69, 9.17) is 9.47 Å². The SMILES string of the molecule is COc1ccc(F)cc1C(C)(CNc1ccc2c(c1)COC2=O)CC(C)(O)Cc1ccccc1C. The Hall–Kier alpha value is -3.38. The first-order chi connectivity index (χ1) is 16.6. The van der Waals surface area contributed by atoms with Gasteiger partial charge in [-0.2, -0.15) is 0 Å². The Balaban J connectivity index is 1.65. The molecule has 2 N–H and O–H groups in total. The number of ether oxygens (including phenoxy) is 2. The van der Waals surface area contributed by atoms with Gasteiger partial charge in [-0.05, 0) is 67.8 Å². The molecule has 0 aromatic heterocycles. The number of hydrogen-bond donors (Lipinski definition) is 2. The summed E-state index contributed by atoms with van der Waals surface area (Å²) in [7, 11) is 1.56. The van der Waals surface area contributed by atoms with E-state index in [9.17, 15) is 14.3 Å². The lowest BCUT2D eigenvalue weighted by Gasteiger charge is -2.38. The van der Waals surface area contributed by atoms with Crippen LogP contribution in [0.1, 0.15) is 52.9 Å². The number of benzene rings is 3. The molecule has 0 spiro atoms. The Labute approximate surface area is 205 Å². The zero-order chi connectivity index (χ0) is 25.2. The van der Waals surface area contributed by atoms with Crippen molar-refractivity contribution in [3.63, 3.8) is 0 Å². The van der Waals surface area contributed by atoms with Gasteiger partial charge in [0.25, 0.3) is 0 Å². The zero-order valence-electron chi connectivity index (χ0n) is 20.7. The molecular weight excluding hydrogens is 445 g/mol. The Morgan fingerprint density at radius 3 is 2.63 bits per heavy atom. The topological polar surface area (TPSA) is 67.8 Å². The van der Waals surface area contributed by atoms with Gasteiger partial charge in [0.2, 0.25) is 0 Å². The van der Waals surface area contributed by atoms with Crippen molar-refractivity contribution in [3.8, 4) is 5.75 Å². The minimum Gasteiger partial charge on any atom is -0.496 e. The van der Waals surface area contributed by atoms with Gasteiger partial charge in [-0.1, -0.05) is 31.2 Å². The Morgan fingerprint density at radius 1 is 1.11 bits per heavy atom. The summed E-state index contributed by atoms with van der Waals surface area (Å²) in [6.45, 7) is 6.52. The maximum atomic E-state index is 14.4. The van der Waals surface area contributed by atoms with Crippen molar-refractivity contribution < 1.29 is 23.8 Å². The number of hydrogen-bond acceptors (Lipinski definition) is 5. The van der Waals surface area contributed by atoms with E-state index in [0.717, 1.165) is 22.4 Å². The minimum atomic E-state index is -1.07. The van der Waals surface area contributed by atoms with Gasteiger partial charge in [-0.3, -0.25) is 0 Å². The van der Waals surface area contributed by atoms with Gasteiger partial charge in [0, 0.05) is 35.2 Å². The summed E-state index contributed by atoms with van der Waals surface area (Å²) < 4.78 is 25.1. The summed E-state index contributed by atoms with van der Waals surface area (Å²) in [5.41, 5.74) is 3.33. The molecule has 5 nitrogen and oxygen atoms in total. The van der Waals surface area contributed by atoms with E-state index in [1.807, 2.05) is 57.2 Å². The van der Waals surface area contributed by atoms with Gasteiger partial charge >= 0.3 is 5.97 Å². The van der Waals surface area contributed by atoms with Crippen LogP contribution in [-0.4, -0.2) is 30.3 Å². The number of aryl methyl sites for hydroxylation is 1. The van der Waals surface area contributed by atoms with E-state index >= 15 is 0 Å². The van der Waals surface area contributed by atoms with E-state index in [-0.39, 0.29) is 18.4 Å². The van der Waals surface area contributed by atoms with Crippen LogP contribution in [0.3, 0.4) is 0 Å². The number of esters is 1. The summed E-state index contributed by atoms with van der Waals surface area (Å²) >= 11 is 0. The van der Waals surface area contributed by atoms with Crippen molar-refractivity contribution in [2.45, 2.75) is 51.2 Å². The molecule has 0 bridgehead atoms. The number of carbonyl (C=O) groups excluding carboxylic acids is 1. The number of carbonyl (C=O) groups is 1. The van der Waals surface area contributed by atoms with E-state index < -0.39 is 11.0 Å². The normalized spacial score (nSPS) is 16.1. The summed E-state index contributed by atoms with van der Waals surface area (Å²) in [6, 6.07) is 18.0. The fraction of sp³-hybridized carbons (Fsp3) is 0.345. The van der Waals surface area contributed by atoms with Gasteiger partial charge in [0.15, 0.2) is 0 Å². The van der Waals surface area contributed by atoms with Gasteiger partial charge in [-0.15, -0.1) is 0 Å². The molecule has 4 rings (SSSR count). The van der Waals surface area contributed by atoms with Crippen LogP contribution in [-0.2, 0) is 23.2 Å². The summed E-state index contributed by atoms with van der Waals surface area (Å²) in [5, 5.41) is 15.0. The molecule has 0 saturated carbocycles. The number of methoxy groups -OCH3 is 1. The number of nitrogens with one attached hydrogen (secondary N) is 1. The summed E-state index contributed by atoms with van der Waals surface area (Å²) in [5.74, 6) is -0.109. The summed E-state index contributed by atoms with van der Waals surface area (Å²) in [4.78, 5) is 11.8. The highest BCUT2D eigenvalue weighted by molar-refractivity contribution is 5.93. The summed E-state index contributed by atoms with van der Waals surface area (Å²) in [6.07, 6.45) is 0.818. The Kier molecular flexibility index (Phi) is 6.86. The second-order valence-corrected chi connectivity index (χ2v) is 9.98. The highest BCUT2D eigenvalue weighted by Crippen LogP contribution is 2.40. The van der Waals surface area contributed by atoms with Crippen molar-refractivity contribution in [1.29, 1.82) is 0 Å². The number of aliphatic hydroxyl groups is 1. The van der Waals surface area contributed by atoms with E-state index in [0.29, 0.717) is 36.3 Å². The smallest absolute Gasteiger partial charge is 0.338 e. The van der Waals surface area contributed by atoms with Crippen LogP contribution in [0.4, 0.5) is 10.1 Å². The van der Waals surface area contributed by atoms with Crippen molar-refractivity contribution in [2.75, 3.05) is 19.0 Å². The monoisotopic (exact) mass is 477 g/mol. The molecule has 2 atom stereocenters. The van der Waals surface area contributed by atoms with E-state index in [2.05, 4.69) is 5.32 Å². The third kappa shape index (κ3) is 5.49. The minimum absolute atomic E-state index is 0.254. The molecule has 0 fully saturated rings. The van der Waals surface area contributed by atoms with Gasteiger partial charge in [0.05, 0.1) is 18.3 Å². The largest absolute Gasteiger partial charge is 0.496 e. The first-order valence-corrected chi connectivity index (χ1v) is 11.8. The predicted molar refractivity (Wildman–Crippen MR) is 134 cm³/mol. The zero-order valence-corrected chi connectivity index (χ0v) is 20.7. The quantitative estimate of drug-likeness (QED) is 0.395. The highest BCUT2D eigenvalue weighted by atomic mass is 19.1. The molecule has 0 aliphatic carbocycles. The molecule has 0 amide bonds. The fourth-order valence-electron chi connectivity index (χ4n) is 5.07. The van der Waals surface area contributed by atoms with Gasteiger partial charge in [0.1, 0.15) is 18.2 Å². The standard InChI is InChI=1S/C29H32FNO4/c1-19-7-5-6-8-20(19)15-29(3,33)17-28(2,25-14-22(30)9-12-26(25)34-4)18-31-23-10-11-24-21(13-23)16-35-27(24)32/h5-14,31,33H,15-18H2,1-4H3. The molecule has 184 valence electrons.